The van der Waals surface area contributed by atoms with Gasteiger partial charge >= 0.3 is 5.97 Å². The molecule has 3 rings (SSSR count). The first-order chi connectivity index (χ1) is 13.4. The summed E-state index contributed by atoms with van der Waals surface area (Å²) in [6.07, 6.45) is 1.56. The summed E-state index contributed by atoms with van der Waals surface area (Å²) in [5.74, 6) is 0.515. The van der Waals surface area contributed by atoms with E-state index in [0.29, 0.717) is 13.2 Å². The van der Waals surface area contributed by atoms with Gasteiger partial charge in [-0.2, -0.15) is 0 Å². The van der Waals surface area contributed by atoms with E-state index < -0.39 is 5.97 Å². The number of esters is 1. The molecule has 146 valence electrons. The van der Waals surface area contributed by atoms with Crippen LogP contribution in [0.4, 0.5) is 0 Å². The van der Waals surface area contributed by atoms with Crippen LogP contribution in [0.2, 0.25) is 0 Å². The van der Waals surface area contributed by atoms with Crippen LogP contribution in [0.25, 0.3) is 11.1 Å². The minimum absolute atomic E-state index is 0.199. The Labute approximate surface area is 166 Å². The lowest BCUT2D eigenvalue weighted by Crippen LogP contribution is -2.04. The summed E-state index contributed by atoms with van der Waals surface area (Å²) in [6, 6.07) is 11.7. The summed E-state index contributed by atoms with van der Waals surface area (Å²) in [4.78, 5) is 11.8. The van der Waals surface area contributed by atoms with Gasteiger partial charge in [0.2, 0.25) is 5.76 Å². The van der Waals surface area contributed by atoms with Gasteiger partial charge in [-0.15, -0.1) is 0 Å². The maximum Gasteiger partial charge on any atom is 0.374 e. The zero-order valence-corrected chi connectivity index (χ0v) is 17.1. The Hall–Kier alpha value is -3.01. The number of benzene rings is 2. The number of aryl methyl sites for hydroxylation is 2. The summed E-state index contributed by atoms with van der Waals surface area (Å²) in [5.41, 5.74) is 8.07. The molecule has 0 bridgehead atoms. The van der Waals surface area contributed by atoms with Crippen LogP contribution < -0.4 is 4.74 Å². The molecule has 0 aliphatic carbocycles. The number of furan rings is 1. The molecule has 1 heterocycles. The minimum Gasteiger partial charge on any atom is -0.489 e. The van der Waals surface area contributed by atoms with E-state index in [9.17, 15) is 4.79 Å². The summed E-state index contributed by atoms with van der Waals surface area (Å²) in [7, 11) is 0. The van der Waals surface area contributed by atoms with Gasteiger partial charge in [-0.05, 0) is 86.2 Å². The van der Waals surface area contributed by atoms with E-state index in [1.54, 1.807) is 19.3 Å². The van der Waals surface area contributed by atoms with E-state index in [-0.39, 0.29) is 5.76 Å². The second-order valence-corrected chi connectivity index (χ2v) is 6.98. The van der Waals surface area contributed by atoms with Gasteiger partial charge in [-0.1, -0.05) is 18.2 Å². The lowest BCUT2D eigenvalue weighted by atomic mass is 9.95. The number of ether oxygens (including phenoxy) is 2. The quantitative estimate of drug-likeness (QED) is 0.498. The molecule has 28 heavy (non-hydrogen) atoms. The second kappa shape index (κ2) is 8.34. The predicted octanol–water partition coefficient (Wildman–Crippen LogP) is 5.94. The van der Waals surface area contributed by atoms with Crippen molar-refractivity contribution in [2.24, 2.45) is 0 Å². The van der Waals surface area contributed by atoms with Crippen molar-refractivity contribution in [3.05, 3.63) is 76.2 Å². The number of rotatable bonds is 6. The van der Waals surface area contributed by atoms with Gasteiger partial charge in [0, 0.05) is 5.56 Å². The smallest absolute Gasteiger partial charge is 0.374 e. The summed E-state index contributed by atoms with van der Waals surface area (Å²) in [6.45, 7) is 11.1. The van der Waals surface area contributed by atoms with Crippen molar-refractivity contribution < 1.29 is 18.7 Å². The normalized spacial score (nSPS) is 10.8. The van der Waals surface area contributed by atoms with E-state index in [0.717, 1.165) is 16.9 Å². The number of carbonyl (C=O) groups is 1. The lowest BCUT2D eigenvalue weighted by Gasteiger charge is -2.16. The molecule has 4 nitrogen and oxygen atoms in total. The van der Waals surface area contributed by atoms with Crippen LogP contribution in [-0.2, 0) is 11.3 Å². The van der Waals surface area contributed by atoms with E-state index in [1.165, 1.54) is 27.8 Å². The molecule has 0 aliphatic rings. The van der Waals surface area contributed by atoms with Gasteiger partial charge in [0.25, 0.3) is 0 Å². The van der Waals surface area contributed by atoms with Gasteiger partial charge in [0.05, 0.1) is 12.9 Å². The highest BCUT2D eigenvalue weighted by molar-refractivity contribution is 5.88. The van der Waals surface area contributed by atoms with Gasteiger partial charge in [-0.3, -0.25) is 0 Å². The van der Waals surface area contributed by atoms with E-state index in [4.69, 9.17) is 13.9 Å². The maximum atomic E-state index is 11.8. The molecule has 0 atom stereocenters. The predicted molar refractivity (Wildman–Crippen MR) is 110 cm³/mol. The zero-order chi connectivity index (χ0) is 20.3. The van der Waals surface area contributed by atoms with Crippen LogP contribution in [-0.4, -0.2) is 12.6 Å². The highest BCUT2D eigenvalue weighted by Gasteiger charge is 2.14. The van der Waals surface area contributed by atoms with Crippen molar-refractivity contribution in [1.82, 2.24) is 0 Å². The van der Waals surface area contributed by atoms with Crippen molar-refractivity contribution in [3.8, 4) is 16.9 Å². The van der Waals surface area contributed by atoms with Gasteiger partial charge in [0.15, 0.2) is 0 Å². The SMILES string of the molecule is CCOC(=O)c1cc(-c2cccc(OCc3c(C)c(C)cc(C)c3C)c2)co1. The largest absolute Gasteiger partial charge is 0.489 e. The number of hydrogen-bond donors (Lipinski definition) is 0. The van der Waals surface area contributed by atoms with E-state index in [2.05, 4.69) is 33.8 Å². The Morgan fingerprint density at radius 2 is 1.68 bits per heavy atom. The summed E-state index contributed by atoms with van der Waals surface area (Å²) < 4.78 is 16.4. The monoisotopic (exact) mass is 378 g/mol. The van der Waals surface area contributed by atoms with Gasteiger partial charge < -0.3 is 13.9 Å². The first-order valence-electron chi connectivity index (χ1n) is 9.45. The van der Waals surface area contributed by atoms with Crippen LogP contribution in [0, 0.1) is 27.7 Å². The van der Waals surface area contributed by atoms with Crippen LogP contribution >= 0.6 is 0 Å². The average Bonchev–Trinajstić information content (AvgIpc) is 3.17. The minimum atomic E-state index is -0.457. The third kappa shape index (κ3) is 4.11. The van der Waals surface area contributed by atoms with Gasteiger partial charge in [-0.25, -0.2) is 4.79 Å². The molecule has 0 fully saturated rings. The van der Waals surface area contributed by atoms with E-state index >= 15 is 0 Å². The standard InChI is InChI=1S/C24H26O4/c1-6-26-24(25)23-12-20(13-28-23)19-8-7-9-21(11-19)27-14-22-17(4)15(2)10-16(3)18(22)5/h7-13H,6,14H2,1-5H3. The Bertz CT molecular complexity index is 972. The molecule has 0 N–H and O–H groups in total. The molecular weight excluding hydrogens is 352 g/mol. The van der Waals surface area contributed by atoms with E-state index in [1.807, 2.05) is 24.3 Å². The van der Waals surface area contributed by atoms with Crippen molar-refractivity contribution in [2.45, 2.75) is 41.2 Å². The fraction of sp³-hybridized carbons (Fsp3) is 0.292. The number of carbonyl (C=O) groups excluding carboxylic acids is 1. The van der Waals surface area contributed by atoms with Crippen molar-refractivity contribution in [3.63, 3.8) is 0 Å². The maximum absolute atomic E-state index is 11.8. The third-order valence-corrected chi connectivity index (χ3v) is 5.15. The van der Waals surface area contributed by atoms with Crippen LogP contribution in [0.3, 0.4) is 0 Å². The Balaban J connectivity index is 1.79. The van der Waals surface area contributed by atoms with Crippen LogP contribution in [0.1, 0.15) is 45.3 Å². The van der Waals surface area contributed by atoms with Crippen LogP contribution in [0.5, 0.6) is 5.75 Å². The topological polar surface area (TPSA) is 48.7 Å². The Morgan fingerprint density at radius 1 is 0.964 bits per heavy atom. The second-order valence-electron chi connectivity index (χ2n) is 6.98. The molecule has 0 saturated heterocycles. The fourth-order valence-electron chi connectivity index (χ4n) is 3.23. The lowest BCUT2D eigenvalue weighted by molar-refractivity contribution is 0.0490. The van der Waals surface area contributed by atoms with Crippen LogP contribution in [0.15, 0.2) is 47.1 Å². The average molecular weight is 378 g/mol. The summed E-state index contributed by atoms with van der Waals surface area (Å²) >= 11 is 0. The third-order valence-electron chi connectivity index (χ3n) is 5.15. The molecule has 0 radical (unpaired) electrons. The molecule has 0 unspecified atom stereocenters. The Morgan fingerprint density at radius 3 is 2.36 bits per heavy atom. The molecule has 2 aromatic carbocycles. The molecule has 0 saturated carbocycles. The first-order valence-corrected chi connectivity index (χ1v) is 9.45. The molecular formula is C24H26O4. The highest BCUT2D eigenvalue weighted by atomic mass is 16.5. The number of hydrogen-bond acceptors (Lipinski definition) is 4. The molecule has 4 heteroatoms. The molecule has 0 aliphatic heterocycles. The Kier molecular flexibility index (Phi) is 5.88. The van der Waals surface area contributed by atoms with Gasteiger partial charge in [0.1, 0.15) is 12.4 Å². The molecule has 1 aromatic heterocycles. The first kappa shape index (κ1) is 19.7. The van der Waals surface area contributed by atoms with Crippen molar-refractivity contribution >= 4 is 5.97 Å². The van der Waals surface area contributed by atoms with Crippen molar-refractivity contribution in [1.29, 1.82) is 0 Å². The zero-order valence-electron chi connectivity index (χ0n) is 17.1. The molecule has 0 amide bonds. The molecule has 3 aromatic rings. The highest BCUT2D eigenvalue weighted by Crippen LogP contribution is 2.28. The van der Waals surface area contributed by atoms with Crippen molar-refractivity contribution in [2.75, 3.05) is 6.61 Å². The summed E-state index contributed by atoms with van der Waals surface area (Å²) in [5, 5.41) is 0. The molecule has 0 spiro atoms. The fourth-order valence-corrected chi connectivity index (χ4v) is 3.23.